The molecule has 0 saturated heterocycles. The fourth-order valence-corrected chi connectivity index (χ4v) is 16.8. The summed E-state index contributed by atoms with van der Waals surface area (Å²) in [6, 6.07) is 117. The molecule has 0 atom stereocenters. The van der Waals surface area contributed by atoms with E-state index in [0.717, 1.165) is 108 Å². The van der Waals surface area contributed by atoms with Crippen LogP contribution in [0.15, 0.2) is 380 Å². The van der Waals surface area contributed by atoms with Gasteiger partial charge in [0, 0.05) is 97.3 Å². The Morgan fingerprint density at radius 3 is 1.41 bits per heavy atom. The first-order chi connectivity index (χ1) is 57.6. The van der Waals surface area contributed by atoms with Gasteiger partial charge >= 0.3 is 0 Å². The van der Waals surface area contributed by atoms with E-state index in [0.29, 0.717) is 5.88 Å². The number of nitrogens with zero attached hydrogens (tertiary/aromatic N) is 11. The van der Waals surface area contributed by atoms with Crippen molar-refractivity contribution in [1.82, 2.24) is 53.8 Å². The standard InChI is InChI=1S/C38H23N3O.C36H24N4O.C30H30N4/c1-2-9-31-29(7-1)30-8-3-4-10-32(30)35-18-24(13-15-33(31)35)26-17-28(22-39-20-26)41-23-27(21-40-41)25-14-16-38-36(19-25)34-11-5-6-12-37(34)42-38;1-3-9-25(10-4-1)26-11-7-12-27(21-26)28-15-17-34-31(22-28)32-23-29(33-24-36(41-38-33)39-20-8-19-37-39)16-18-35(32)40(34)30-13-5-2-6-14-30;1-21-29(27-11-7-5-8-12-27)23(3)33(31-21)19-25-15-17-26(18-16-25)20-34-24(4)30(22(2)32-34)28-13-9-6-10-14-28/h1-23H;1-24H;5-18H,19-20H2,1-4H3. The van der Waals surface area contributed by atoms with Crippen molar-refractivity contribution in [3.63, 3.8) is 0 Å². The SMILES string of the molecule is Cc1nn(Cc2ccc(Cn3nc(C)c(-c4ccccc4)c3C)cc2)c(C)c1-c1ccccc1.c1ccc(-c2cccc(-c3ccc4c(c3)c3cc(-c5cc(-n6cccn6)on5)ccc3n4-c3ccccc3)c2)cc1.c1ccc2c(c1)oc1ccc(-c3cnn(-c4cncc(-c5ccc6c7ccccc7c7ccccc7c6c5)c4)c3)cc12. The lowest BCUT2D eigenvalue weighted by Gasteiger charge is -2.12. The second-order valence-electron chi connectivity index (χ2n) is 29.8. The summed E-state index contributed by atoms with van der Waals surface area (Å²) in [6.45, 7) is 10.0. The van der Waals surface area contributed by atoms with E-state index in [2.05, 4.69) is 360 Å². The maximum Gasteiger partial charge on any atom is 0.252 e. The molecule has 0 aliphatic rings. The molecule has 0 N–H and O–H groups in total. The number of hydrogen-bond acceptors (Lipinski definition) is 8. The normalized spacial score (nSPS) is 11.5. The predicted molar refractivity (Wildman–Crippen MR) is 475 cm³/mol. The van der Waals surface area contributed by atoms with E-state index < -0.39 is 0 Å². The largest absolute Gasteiger partial charge is 0.456 e. The summed E-state index contributed by atoms with van der Waals surface area (Å²) in [7, 11) is 0. The summed E-state index contributed by atoms with van der Waals surface area (Å²) in [4.78, 5) is 4.61. The number of pyridine rings is 1. The predicted octanol–water partition coefficient (Wildman–Crippen LogP) is 25.7. The van der Waals surface area contributed by atoms with Crippen LogP contribution in [0.5, 0.6) is 0 Å². The van der Waals surface area contributed by atoms with Crippen molar-refractivity contribution in [2.24, 2.45) is 0 Å². The van der Waals surface area contributed by atoms with Gasteiger partial charge in [0.2, 0.25) is 0 Å². The molecule has 560 valence electrons. The second kappa shape index (κ2) is 30.3. The molecule has 117 heavy (non-hydrogen) atoms. The topological polar surface area (TPSA) is 128 Å². The quantitative estimate of drug-likeness (QED) is 0.0985. The zero-order valence-corrected chi connectivity index (χ0v) is 64.9. The van der Waals surface area contributed by atoms with Gasteiger partial charge < -0.3 is 13.5 Å². The van der Waals surface area contributed by atoms with Crippen molar-refractivity contribution >= 4 is 76.1 Å². The molecule has 22 rings (SSSR count). The Morgan fingerprint density at radius 1 is 0.308 bits per heavy atom. The molecule has 0 unspecified atom stereocenters. The molecule has 0 radical (unpaired) electrons. The molecule has 8 heterocycles. The Bertz CT molecular complexity index is 7270. The van der Waals surface area contributed by atoms with Crippen LogP contribution in [0.3, 0.4) is 0 Å². The molecule has 0 spiro atoms. The van der Waals surface area contributed by atoms with E-state index in [1.165, 1.54) is 105 Å². The molecule has 13 heteroatoms. The lowest BCUT2D eigenvalue weighted by atomic mass is 9.92. The molecule has 22 aromatic rings. The molecule has 0 aliphatic heterocycles. The van der Waals surface area contributed by atoms with Crippen LogP contribution in [0.2, 0.25) is 0 Å². The number of aromatic nitrogens is 11. The zero-order valence-electron chi connectivity index (χ0n) is 64.9. The highest BCUT2D eigenvalue weighted by molar-refractivity contribution is 6.26. The first-order valence-corrected chi connectivity index (χ1v) is 39.4. The van der Waals surface area contributed by atoms with Crippen LogP contribution < -0.4 is 0 Å². The number of rotatable bonds is 14. The smallest absolute Gasteiger partial charge is 0.252 e. The number of furan rings is 1. The average molecular weight is 1510 g/mol. The highest BCUT2D eigenvalue weighted by atomic mass is 16.5. The van der Waals surface area contributed by atoms with Crippen LogP contribution in [-0.4, -0.2) is 53.8 Å². The van der Waals surface area contributed by atoms with Crippen molar-refractivity contribution in [3.05, 3.63) is 405 Å². The van der Waals surface area contributed by atoms with Gasteiger partial charge in [0.05, 0.1) is 53.6 Å². The van der Waals surface area contributed by atoms with E-state index in [-0.39, 0.29) is 0 Å². The van der Waals surface area contributed by atoms with Gasteiger partial charge in [-0.1, -0.05) is 254 Å². The van der Waals surface area contributed by atoms with Gasteiger partial charge in [-0.05, 0) is 195 Å². The van der Waals surface area contributed by atoms with Crippen LogP contribution in [-0.2, 0) is 13.1 Å². The van der Waals surface area contributed by atoms with Crippen LogP contribution in [0, 0.1) is 27.7 Å². The van der Waals surface area contributed by atoms with E-state index in [4.69, 9.17) is 24.2 Å². The van der Waals surface area contributed by atoms with Gasteiger partial charge in [0.25, 0.3) is 5.88 Å². The third-order valence-corrected chi connectivity index (χ3v) is 22.5. The molecule has 8 aromatic heterocycles. The van der Waals surface area contributed by atoms with Gasteiger partial charge in [0.1, 0.15) is 16.9 Å². The minimum absolute atomic E-state index is 0.581. The Labute approximate surface area is 675 Å². The minimum Gasteiger partial charge on any atom is -0.456 e. The van der Waals surface area contributed by atoms with Gasteiger partial charge in [-0.25, -0.2) is 9.36 Å². The van der Waals surface area contributed by atoms with Crippen LogP contribution in [0.4, 0.5) is 0 Å². The summed E-state index contributed by atoms with van der Waals surface area (Å²) in [6.07, 6.45) is 11.3. The average Bonchev–Trinajstić information content (AvgIpc) is 1.32. The first kappa shape index (κ1) is 70.8. The van der Waals surface area contributed by atoms with Crippen molar-refractivity contribution < 1.29 is 8.94 Å². The maximum absolute atomic E-state index is 6.02. The van der Waals surface area contributed by atoms with Crippen LogP contribution in [0.1, 0.15) is 33.9 Å². The van der Waals surface area contributed by atoms with Crippen molar-refractivity contribution in [2.75, 3.05) is 0 Å². The van der Waals surface area contributed by atoms with Crippen LogP contribution in [0.25, 0.3) is 171 Å². The Hall–Kier alpha value is -15.3. The monoisotopic (exact) mass is 1510 g/mol. The molecule has 0 amide bonds. The van der Waals surface area contributed by atoms with Crippen molar-refractivity contribution in [1.29, 1.82) is 0 Å². The molecular weight excluding hydrogens is 1440 g/mol. The summed E-state index contributed by atoms with van der Waals surface area (Å²) in [5, 5.41) is 35.1. The van der Waals surface area contributed by atoms with Crippen molar-refractivity contribution in [3.8, 4) is 95.3 Å². The van der Waals surface area contributed by atoms with Gasteiger partial charge in [-0.3, -0.25) is 14.3 Å². The molecule has 0 fully saturated rings. The molecular formula is C104H77N11O2. The van der Waals surface area contributed by atoms with E-state index in [1.54, 1.807) is 10.9 Å². The Morgan fingerprint density at radius 2 is 0.786 bits per heavy atom. The fourth-order valence-electron chi connectivity index (χ4n) is 16.8. The second-order valence-corrected chi connectivity index (χ2v) is 29.8. The lowest BCUT2D eigenvalue weighted by Crippen LogP contribution is -2.06. The highest BCUT2D eigenvalue weighted by Crippen LogP contribution is 2.42. The Balaban J connectivity index is 0.000000114. The number of aryl methyl sites for hydroxylation is 2. The van der Waals surface area contributed by atoms with Gasteiger partial charge in [-0.2, -0.15) is 20.4 Å². The number of hydrogen-bond donors (Lipinski definition) is 0. The maximum atomic E-state index is 6.02. The Kier molecular flexibility index (Phi) is 18.3. The summed E-state index contributed by atoms with van der Waals surface area (Å²) >= 11 is 0. The number of para-hydroxylation sites is 2. The van der Waals surface area contributed by atoms with E-state index in [9.17, 15) is 0 Å². The summed E-state index contributed by atoms with van der Waals surface area (Å²) in [5.74, 6) is 0.581. The third-order valence-electron chi connectivity index (χ3n) is 22.5. The molecule has 13 nitrogen and oxygen atoms in total. The fraction of sp³-hybridized carbons (Fsp3) is 0.0577. The molecule has 0 saturated carbocycles. The minimum atomic E-state index is 0.581. The van der Waals surface area contributed by atoms with E-state index >= 15 is 0 Å². The molecule has 0 bridgehead atoms. The first-order valence-electron chi connectivity index (χ1n) is 39.4. The third kappa shape index (κ3) is 13.6. The van der Waals surface area contributed by atoms with Gasteiger partial charge in [-0.15, -0.1) is 0 Å². The molecule has 14 aromatic carbocycles. The van der Waals surface area contributed by atoms with Gasteiger partial charge in [0.15, 0.2) is 0 Å². The lowest BCUT2D eigenvalue weighted by molar-refractivity contribution is 0.400. The summed E-state index contributed by atoms with van der Waals surface area (Å²) < 4.78 is 21.7. The number of fused-ring (bicyclic) bond motifs is 12. The summed E-state index contributed by atoms with van der Waals surface area (Å²) in [5.41, 5.74) is 28.9. The zero-order chi connectivity index (χ0) is 78.5. The highest BCUT2D eigenvalue weighted by Gasteiger charge is 2.21. The van der Waals surface area contributed by atoms with Crippen molar-refractivity contribution in [2.45, 2.75) is 40.8 Å². The van der Waals surface area contributed by atoms with E-state index in [1.807, 2.05) is 65.9 Å². The van der Waals surface area contributed by atoms with Crippen LogP contribution >= 0.6 is 0 Å². The number of benzene rings is 14. The molecule has 0 aliphatic carbocycles.